The molecule has 0 bridgehead atoms. The molecule has 0 spiro atoms. The molecule has 0 fully saturated rings. The Kier molecular flexibility index (Phi) is 4.50. The summed E-state index contributed by atoms with van der Waals surface area (Å²) in [5.41, 5.74) is 2.55. The van der Waals surface area contributed by atoms with Crippen molar-refractivity contribution in [1.82, 2.24) is 19.9 Å². The molecule has 3 aromatic rings. The Morgan fingerprint density at radius 3 is 2.82 bits per heavy atom. The van der Waals surface area contributed by atoms with E-state index in [-0.39, 0.29) is 6.04 Å². The molecule has 2 heterocycles. The predicted molar refractivity (Wildman–Crippen MR) is 86.0 cm³/mol. The van der Waals surface area contributed by atoms with Gasteiger partial charge in [-0.15, -0.1) is 0 Å². The summed E-state index contributed by atoms with van der Waals surface area (Å²) in [4.78, 5) is 15.6. The number of benzene rings is 1. The number of ether oxygens (including phenoxy) is 1. The van der Waals surface area contributed by atoms with Crippen molar-refractivity contribution in [2.24, 2.45) is 0 Å². The Hall–Kier alpha value is -2.18. The molecule has 2 N–H and O–H groups in total. The maximum Gasteiger partial charge on any atom is 0.182 e. The second-order valence-electron chi connectivity index (χ2n) is 4.85. The van der Waals surface area contributed by atoms with Gasteiger partial charge in [-0.1, -0.05) is 23.7 Å². The highest BCUT2D eigenvalue weighted by atomic mass is 35.5. The van der Waals surface area contributed by atoms with Gasteiger partial charge in [0.2, 0.25) is 0 Å². The lowest BCUT2D eigenvalue weighted by Gasteiger charge is -2.19. The standard InChI is InChI=1S/C15H16ClN5O/c1-22-7-6-12(10-2-4-11(16)5-3-10)21-15-13-14(18-8-17-13)19-9-20-15/h2-5,8-9,12H,6-7H2,1H3,(H2,17,18,19,20,21). The minimum Gasteiger partial charge on any atom is -0.385 e. The number of imidazole rings is 1. The molecule has 0 aliphatic heterocycles. The van der Waals surface area contributed by atoms with Crippen molar-refractivity contribution in [2.45, 2.75) is 12.5 Å². The number of hydrogen-bond acceptors (Lipinski definition) is 5. The van der Waals surface area contributed by atoms with Gasteiger partial charge in [0, 0.05) is 18.7 Å². The van der Waals surface area contributed by atoms with E-state index in [1.54, 1.807) is 13.4 Å². The number of hydrogen-bond donors (Lipinski definition) is 2. The van der Waals surface area contributed by atoms with Crippen LogP contribution in [0, 0.1) is 0 Å². The van der Waals surface area contributed by atoms with Gasteiger partial charge in [-0.05, 0) is 24.1 Å². The molecule has 1 aromatic carbocycles. The average Bonchev–Trinajstić information content (AvgIpc) is 3.02. The van der Waals surface area contributed by atoms with Gasteiger partial charge < -0.3 is 15.0 Å². The van der Waals surface area contributed by atoms with Crippen LogP contribution in [0.2, 0.25) is 5.02 Å². The molecule has 0 saturated carbocycles. The summed E-state index contributed by atoms with van der Waals surface area (Å²) in [6, 6.07) is 7.81. The molecule has 2 aromatic heterocycles. The Morgan fingerprint density at radius 2 is 2.05 bits per heavy atom. The number of methoxy groups -OCH3 is 1. The first kappa shape index (κ1) is 14.7. The van der Waals surface area contributed by atoms with Crippen LogP contribution in [0.1, 0.15) is 18.0 Å². The zero-order valence-electron chi connectivity index (χ0n) is 12.1. The quantitative estimate of drug-likeness (QED) is 0.730. The molecule has 114 valence electrons. The van der Waals surface area contributed by atoms with Gasteiger partial charge in [0.15, 0.2) is 11.5 Å². The van der Waals surface area contributed by atoms with Crippen LogP contribution in [0.3, 0.4) is 0 Å². The number of fused-ring (bicyclic) bond motifs is 1. The van der Waals surface area contributed by atoms with Crippen molar-refractivity contribution < 1.29 is 4.74 Å². The molecular weight excluding hydrogens is 302 g/mol. The van der Waals surface area contributed by atoms with Crippen LogP contribution >= 0.6 is 11.6 Å². The van der Waals surface area contributed by atoms with Crippen LogP contribution in [-0.4, -0.2) is 33.7 Å². The molecule has 22 heavy (non-hydrogen) atoms. The number of aromatic amines is 1. The minimum atomic E-state index is 0.0543. The first-order valence-corrected chi connectivity index (χ1v) is 7.30. The number of nitrogens with one attached hydrogen (secondary N) is 2. The van der Waals surface area contributed by atoms with Gasteiger partial charge in [-0.2, -0.15) is 0 Å². The van der Waals surface area contributed by atoms with Crippen molar-refractivity contribution in [3.63, 3.8) is 0 Å². The van der Waals surface area contributed by atoms with E-state index in [1.807, 2.05) is 24.3 Å². The van der Waals surface area contributed by atoms with Crippen molar-refractivity contribution in [1.29, 1.82) is 0 Å². The first-order valence-electron chi connectivity index (χ1n) is 6.93. The number of aromatic nitrogens is 4. The van der Waals surface area contributed by atoms with Gasteiger partial charge in [-0.25, -0.2) is 15.0 Å². The topological polar surface area (TPSA) is 75.7 Å². The van der Waals surface area contributed by atoms with Gasteiger partial charge in [0.25, 0.3) is 0 Å². The smallest absolute Gasteiger partial charge is 0.182 e. The van der Waals surface area contributed by atoms with E-state index < -0.39 is 0 Å². The fourth-order valence-corrected chi connectivity index (χ4v) is 2.42. The molecule has 0 aliphatic carbocycles. The summed E-state index contributed by atoms with van der Waals surface area (Å²) < 4.78 is 5.21. The number of H-pyrrole nitrogens is 1. The van der Waals surface area contributed by atoms with Gasteiger partial charge in [0.05, 0.1) is 12.4 Å². The number of halogens is 1. The van der Waals surface area contributed by atoms with Crippen LogP contribution in [0.15, 0.2) is 36.9 Å². The third-order valence-corrected chi connectivity index (χ3v) is 3.67. The van der Waals surface area contributed by atoms with E-state index in [0.29, 0.717) is 17.3 Å². The molecule has 1 unspecified atom stereocenters. The lowest BCUT2D eigenvalue weighted by atomic mass is 10.0. The van der Waals surface area contributed by atoms with Gasteiger partial charge >= 0.3 is 0 Å². The van der Waals surface area contributed by atoms with E-state index >= 15 is 0 Å². The van der Waals surface area contributed by atoms with E-state index in [2.05, 4.69) is 25.3 Å². The van der Waals surface area contributed by atoms with Crippen LogP contribution in [0.5, 0.6) is 0 Å². The van der Waals surface area contributed by atoms with Crippen molar-refractivity contribution in [3.8, 4) is 0 Å². The first-order chi connectivity index (χ1) is 10.8. The lowest BCUT2D eigenvalue weighted by molar-refractivity contribution is 0.190. The van der Waals surface area contributed by atoms with Crippen molar-refractivity contribution >= 4 is 28.6 Å². The monoisotopic (exact) mass is 317 g/mol. The highest BCUT2D eigenvalue weighted by Gasteiger charge is 2.14. The Balaban J connectivity index is 1.89. The predicted octanol–water partition coefficient (Wildman–Crippen LogP) is 3.20. The van der Waals surface area contributed by atoms with E-state index in [4.69, 9.17) is 16.3 Å². The molecule has 0 aliphatic rings. The number of anilines is 1. The number of rotatable bonds is 6. The Bertz CT molecular complexity index is 743. The molecule has 0 saturated heterocycles. The van der Waals surface area contributed by atoms with Gasteiger partial charge in [-0.3, -0.25) is 0 Å². The molecule has 3 rings (SSSR count). The third-order valence-electron chi connectivity index (χ3n) is 3.42. The van der Waals surface area contributed by atoms with E-state index in [0.717, 1.165) is 23.3 Å². The summed E-state index contributed by atoms with van der Waals surface area (Å²) in [5.74, 6) is 0.721. The average molecular weight is 318 g/mol. The van der Waals surface area contributed by atoms with Crippen LogP contribution < -0.4 is 5.32 Å². The highest BCUT2D eigenvalue weighted by molar-refractivity contribution is 6.30. The summed E-state index contributed by atoms with van der Waals surface area (Å²) in [7, 11) is 1.69. The van der Waals surface area contributed by atoms with Crippen LogP contribution in [-0.2, 0) is 4.74 Å². The second kappa shape index (κ2) is 6.72. The van der Waals surface area contributed by atoms with Crippen molar-refractivity contribution in [2.75, 3.05) is 19.0 Å². The lowest BCUT2D eigenvalue weighted by Crippen LogP contribution is -2.14. The Labute approximate surface area is 132 Å². The number of nitrogens with zero attached hydrogens (tertiary/aromatic N) is 3. The van der Waals surface area contributed by atoms with Crippen LogP contribution in [0.25, 0.3) is 11.2 Å². The van der Waals surface area contributed by atoms with E-state index in [1.165, 1.54) is 6.33 Å². The molecule has 1 atom stereocenters. The highest BCUT2D eigenvalue weighted by Crippen LogP contribution is 2.25. The zero-order valence-corrected chi connectivity index (χ0v) is 12.8. The molecule has 7 heteroatoms. The zero-order chi connectivity index (χ0) is 15.4. The maximum absolute atomic E-state index is 5.97. The molecule has 0 radical (unpaired) electrons. The third kappa shape index (κ3) is 3.18. The molecule has 6 nitrogen and oxygen atoms in total. The fourth-order valence-electron chi connectivity index (χ4n) is 2.29. The summed E-state index contributed by atoms with van der Waals surface area (Å²) in [5, 5.41) is 4.15. The second-order valence-corrected chi connectivity index (χ2v) is 5.29. The normalized spacial score (nSPS) is 12.5. The van der Waals surface area contributed by atoms with Crippen molar-refractivity contribution in [3.05, 3.63) is 47.5 Å². The molecule has 0 amide bonds. The van der Waals surface area contributed by atoms with Gasteiger partial charge in [0.1, 0.15) is 11.8 Å². The Morgan fingerprint density at radius 1 is 1.23 bits per heavy atom. The van der Waals surface area contributed by atoms with Crippen LogP contribution in [0.4, 0.5) is 5.82 Å². The van der Waals surface area contributed by atoms with E-state index in [9.17, 15) is 0 Å². The fraction of sp³-hybridized carbons (Fsp3) is 0.267. The summed E-state index contributed by atoms with van der Waals surface area (Å²) in [6.45, 7) is 0.636. The maximum atomic E-state index is 5.97. The largest absolute Gasteiger partial charge is 0.385 e. The molecular formula is C15H16ClN5O. The SMILES string of the molecule is COCCC(Nc1ncnc2nc[nH]c12)c1ccc(Cl)cc1. The minimum absolute atomic E-state index is 0.0543. The summed E-state index contributed by atoms with van der Waals surface area (Å²) >= 11 is 5.97. The summed E-state index contributed by atoms with van der Waals surface area (Å²) in [6.07, 6.45) is 3.91.